The summed E-state index contributed by atoms with van der Waals surface area (Å²) in [6, 6.07) is 3.55. The van der Waals surface area contributed by atoms with Crippen LogP contribution in [0.2, 0.25) is 0 Å². The monoisotopic (exact) mass is 344 g/mol. The zero-order chi connectivity index (χ0) is 18.1. The van der Waals surface area contributed by atoms with Gasteiger partial charge in [-0.2, -0.15) is 5.10 Å². The van der Waals surface area contributed by atoms with Gasteiger partial charge in [-0.05, 0) is 56.0 Å². The van der Waals surface area contributed by atoms with Crippen LogP contribution in [-0.2, 0) is 31.2 Å². The summed E-state index contributed by atoms with van der Waals surface area (Å²) in [6.07, 6.45) is 1.24. The molecule has 6 heteroatoms. The van der Waals surface area contributed by atoms with Crippen LogP contribution in [0, 0.1) is 25.6 Å². The molecule has 0 bridgehead atoms. The van der Waals surface area contributed by atoms with E-state index in [2.05, 4.69) is 15.7 Å². The topological polar surface area (TPSA) is 59.0 Å². The van der Waals surface area contributed by atoms with Gasteiger partial charge in [0.15, 0.2) is 0 Å². The van der Waals surface area contributed by atoms with E-state index in [9.17, 15) is 9.18 Å². The number of carbonyl (C=O) groups excluding carboxylic acids is 1. The van der Waals surface area contributed by atoms with Crippen LogP contribution in [0.4, 0.5) is 10.1 Å². The molecule has 134 valence electrons. The Bertz CT molecular complexity index is 812. The van der Waals surface area contributed by atoms with Gasteiger partial charge in [0.25, 0.3) is 0 Å². The van der Waals surface area contributed by atoms with Crippen LogP contribution in [0.3, 0.4) is 0 Å². The minimum atomic E-state index is -0.298. The van der Waals surface area contributed by atoms with E-state index in [1.807, 2.05) is 38.6 Å². The highest BCUT2D eigenvalue weighted by molar-refractivity contribution is 5.92. The summed E-state index contributed by atoms with van der Waals surface area (Å²) in [7, 11) is 1.90. The Morgan fingerprint density at radius 1 is 1.44 bits per heavy atom. The fourth-order valence-electron chi connectivity index (χ4n) is 3.40. The molecule has 0 radical (unpaired) electrons. The molecule has 2 heterocycles. The fourth-order valence-corrected chi connectivity index (χ4v) is 3.40. The van der Waals surface area contributed by atoms with Gasteiger partial charge in [-0.1, -0.05) is 13.0 Å². The fraction of sp³-hybridized carbons (Fsp3) is 0.474. The Kier molecular flexibility index (Phi) is 4.90. The summed E-state index contributed by atoms with van der Waals surface area (Å²) in [5.74, 6) is -0.734. The average molecular weight is 344 g/mol. The first-order valence-corrected chi connectivity index (χ1v) is 8.69. The number of hydrogen-bond acceptors (Lipinski definition) is 3. The van der Waals surface area contributed by atoms with Crippen molar-refractivity contribution in [1.29, 1.82) is 0 Å². The van der Waals surface area contributed by atoms with E-state index >= 15 is 0 Å². The third-order valence-corrected chi connectivity index (χ3v) is 5.08. The molecule has 0 spiro atoms. The van der Waals surface area contributed by atoms with Gasteiger partial charge in [-0.25, -0.2) is 4.39 Å². The summed E-state index contributed by atoms with van der Waals surface area (Å²) in [5.41, 5.74) is 5.04. The first kappa shape index (κ1) is 17.6. The van der Waals surface area contributed by atoms with E-state index in [-0.39, 0.29) is 23.3 Å². The van der Waals surface area contributed by atoms with Crippen molar-refractivity contribution in [3.05, 3.63) is 46.0 Å². The highest BCUT2D eigenvalue weighted by Crippen LogP contribution is 2.25. The predicted molar refractivity (Wildman–Crippen MR) is 96.0 cm³/mol. The molecule has 2 aromatic rings. The van der Waals surface area contributed by atoms with Crippen molar-refractivity contribution >= 4 is 11.6 Å². The molecule has 2 N–H and O–H groups in total. The van der Waals surface area contributed by atoms with Crippen LogP contribution in [0.5, 0.6) is 0 Å². The van der Waals surface area contributed by atoms with Crippen LogP contribution in [0.25, 0.3) is 0 Å². The predicted octanol–water partition coefficient (Wildman–Crippen LogP) is 2.64. The van der Waals surface area contributed by atoms with Crippen LogP contribution in [0.15, 0.2) is 12.1 Å². The number of hydrogen-bond donors (Lipinski definition) is 2. The molecular weight excluding hydrogens is 319 g/mol. The van der Waals surface area contributed by atoms with E-state index in [0.717, 1.165) is 29.1 Å². The van der Waals surface area contributed by atoms with Crippen LogP contribution < -0.4 is 10.6 Å². The molecule has 1 amide bonds. The van der Waals surface area contributed by atoms with E-state index < -0.39 is 0 Å². The first-order chi connectivity index (χ1) is 11.9. The standard InChI is InChI=1S/C19H25FN4O/c1-11(9-16-12(2)23-24(4)13(16)3)19(25)22-17-6-5-14-10-21-8-7-15(14)18(17)20/h5-6,11,21H,7-10H2,1-4H3,(H,22,25). The molecule has 0 saturated carbocycles. The number of carbonyl (C=O) groups is 1. The highest BCUT2D eigenvalue weighted by atomic mass is 19.1. The van der Waals surface area contributed by atoms with Gasteiger partial charge in [0, 0.05) is 25.2 Å². The van der Waals surface area contributed by atoms with Gasteiger partial charge in [0.2, 0.25) is 5.91 Å². The van der Waals surface area contributed by atoms with Crippen LogP contribution >= 0.6 is 0 Å². The Morgan fingerprint density at radius 2 is 2.20 bits per heavy atom. The lowest BCUT2D eigenvalue weighted by Crippen LogP contribution is -2.26. The normalized spacial score (nSPS) is 14.9. The van der Waals surface area contributed by atoms with Gasteiger partial charge in [-0.15, -0.1) is 0 Å². The Labute approximate surface area is 147 Å². The molecule has 3 rings (SSSR count). The summed E-state index contributed by atoms with van der Waals surface area (Å²) in [4.78, 5) is 12.5. The zero-order valence-corrected chi connectivity index (χ0v) is 15.2. The number of nitrogens with zero attached hydrogens (tertiary/aromatic N) is 2. The molecule has 1 aliphatic heterocycles. The van der Waals surface area contributed by atoms with E-state index in [0.29, 0.717) is 24.9 Å². The van der Waals surface area contributed by atoms with Gasteiger partial charge in [0.1, 0.15) is 5.82 Å². The van der Waals surface area contributed by atoms with Crippen molar-refractivity contribution in [3.8, 4) is 0 Å². The van der Waals surface area contributed by atoms with Gasteiger partial charge in [-0.3, -0.25) is 9.48 Å². The second-order valence-electron chi connectivity index (χ2n) is 6.86. The Balaban J connectivity index is 1.74. The number of benzene rings is 1. The highest BCUT2D eigenvalue weighted by Gasteiger charge is 2.21. The van der Waals surface area contributed by atoms with Crippen molar-refractivity contribution < 1.29 is 9.18 Å². The molecule has 0 fully saturated rings. The third-order valence-electron chi connectivity index (χ3n) is 5.08. The lowest BCUT2D eigenvalue weighted by atomic mass is 9.97. The zero-order valence-electron chi connectivity index (χ0n) is 15.2. The molecule has 1 aliphatic rings. The van der Waals surface area contributed by atoms with Crippen molar-refractivity contribution in [2.24, 2.45) is 13.0 Å². The summed E-state index contributed by atoms with van der Waals surface area (Å²) < 4.78 is 16.5. The Hall–Kier alpha value is -2.21. The number of anilines is 1. The summed E-state index contributed by atoms with van der Waals surface area (Å²) >= 11 is 0. The maximum Gasteiger partial charge on any atom is 0.227 e. The Morgan fingerprint density at radius 3 is 2.88 bits per heavy atom. The number of aryl methyl sites for hydroxylation is 2. The molecule has 1 unspecified atom stereocenters. The summed E-state index contributed by atoms with van der Waals surface area (Å²) in [6.45, 7) is 7.25. The minimum Gasteiger partial charge on any atom is -0.323 e. The maximum absolute atomic E-state index is 14.7. The van der Waals surface area contributed by atoms with Crippen molar-refractivity contribution in [2.75, 3.05) is 11.9 Å². The van der Waals surface area contributed by atoms with Crippen molar-refractivity contribution in [3.63, 3.8) is 0 Å². The third kappa shape index (κ3) is 3.44. The smallest absolute Gasteiger partial charge is 0.227 e. The van der Waals surface area contributed by atoms with Gasteiger partial charge < -0.3 is 10.6 Å². The van der Waals surface area contributed by atoms with Crippen LogP contribution in [-0.4, -0.2) is 22.2 Å². The average Bonchev–Trinajstić information content (AvgIpc) is 2.83. The SMILES string of the molecule is Cc1nn(C)c(C)c1CC(C)C(=O)Nc1ccc2c(c1F)CCNC2. The van der Waals surface area contributed by atoms with Crippen molar-refractivity contribution in [1.82, 2.24) is 15.1 Å². The second-order valence-corrected chi connectivity index (χ2v) is 6.86. The van der Waals surface area contributed by atoms with Crippen LogP contribution in [0.1, 0.15) is 35.0 Å². The molecule has 25 heavy (non-hydrogen) atoms. The summed E-state index contributed by atoms with van der Waals surface area (Å²) in [5, 5.41) is 10.4. The molecule has 0 aliphatic carbocycles. The van der Waals surface area contributed by atoms with E-state index in [1.54, 1.807) is 6.07 Å². The van der Waals surface area contributed by atoms with E-state index in [4.69, 9.17) is 0 Å². The minimum absolute atomic E-state index is 0.171. The number of nitrogens with one attached hydrogen (secondary N) is 2. The first-order valence-electron chi connectivity index (χ1n) is 8.69. The second kappa shape index (κ2) is 6.96. The molecule has 1 aromatic carbocycles. The maximum atomic E-state index is 14.7. The van der Waals surface area contributed by atoms with Gasteiger partial charge in [0.05, 0.1) is 11.4 Å². The molecule has 0 saturated heterocycles. The number of fused-ring (bicyclic) bond motifs is 1. The molecular formula is C19H25FN4O. The van der Waals surface area contributed by atoms with Gasteiger partial charge >= 0.3 is 0 Å². The largest absolute Gasteiger partial charge is 0.323 e. The molecule has 1 atom stereocenters. The number of aromatic nitrogens is 2. The van der Waals surface area contributed by atoms with Crippen molar-refractivity contribution in [2.45, 2.75) is 40.2 Å². The lowest BCUT2D eigenvalue weighted by Gasteiger charge is -2.20. The number of halogens is 1. The van der Waals surface area contributed by atoms with E-state index in [1.165, 1.54) is 0 Å². The quantitative estimate of drug-likeness (QED) is 0.896. The molecule has 1 aromatic heterocycles. The number of rotatable bonds is 4. The number of amides is 1. The molecule has 5 nitrogen and oxygen atoms in total. The lowest BCUT2D eigenvalue weighted by molar-refractivity contribution is -0.119.